The number of anilines is 1. The number of aryl methyl sites for hydroxylation is 1. The second-order valence-electron chi connectivity index (χ2n) is 8.84. The highest BCUT2D eigenvalue weighted by Crippen LogP contribution is 2.39. The average Bonchev–Trinajstić information content (AvgIpc) is 3.49. The molecule has 0 radical (unpaired) electrons. The number of hydrogen-bond donors (Lipinski definition) is 2. The third kappa shape index (κ3) is 5.52. The van der Waals surface area contributed by atoms with Crippen LogP contribution in [-0.4, -0.2) is 61.2 Å². The number of benzene rings is 2. The molecule has 2 aromatic carbocycles. The second kappa shape index (κ2) is 11.1. The fraction of sp³-hybridized carbons (Fsp3) is 0.333. The summed E-state index contributed by atoms with van der Waals surface area (Å²) in [5.74, 6) is 1.34. The summed E-state index contributed by atoms with van der Waals surface area (Å²) in [5.41, 5.74) is 4.89. The Balaban J connectivity index is 1.35. The fourth-order valence-electron chi connectivity index (χ4n) is 4.64. The van der Waals surface area contributed by atoms with Crippen LogP contribution in [0.1, 0.15) is 28.6 Å². The maximum absolute atomic E-state index is 13.1. The number of fused-ring (bicyclic) bond motifs is 3. The van der Waals surface area contributed by atoms with Crippen molar-refractivity contribution in [1.29, 1.82) is 0 Å². The van der Waals surface area contributed by atoms with Crippen LogP contribution in [0.2, 0.25) is 5.02 Å². The van der Waals surface area contributed by atoms with Crippen LogP contribution in [0.5, 0.6) is 5.75 Å². The molecule has 1 unspecified atom stereocenters. The molecule has 2 aromatic heterocycles. The molecule has 1 atom stereocenters. The largest absolute Gasteiger partial charge is 0.492 e. The third-order valence-corrected chi connectivity index (χ3v) is 6.57. The quantitative estimate of drug-likeness (QED) is 0.285. The number of H-pyrrole nitrogens is 1. The lowest BCUT2D eigenvalue weighted by atomic mass is 9.92. The molecule has 0 aliphatic carbocycles. The highest BCUT2D eigenvalue weighted by atomic mass is 35.5. The van der Waals surface area contributed by atoms with Crippen LogP contribution in [0, 0.1) is 6.92 Å². The van der Waals surface area contributed by atoms with Gasteiger partial charge in [0.15, 0.2) is 0 Å². The van der Waals surface area contributed by atoms with E-state index in [0.29, 0.717) is 43.6 Å². The number of halogens is 1. The summed E-state index contributed by atoms with van der Waals surface area (Å²) in [5, 5.41) is 8.74. The van der Waals surface area contributed by atoms with Gasteiger partial charge in [0, 0.05) is 41.3 Å². The average molecular weight is 525 g/mol. The topological polar surface area (TPSA) is 102 Å². The van der Waals surface area contributed by atoms with Gasteiger partial charge in [0.25, 0.3) is 0 Å². The smallest absolute Gasteiger partial charge is 0.410 e. The second-order valence-corrected chi connectivity index (χ2v) is 9.27. The monoisotopic (exact) mass is 524 g/mol. The van der Waals surface area contributed by atoms with Crippen LogP contribution in [0.25, 0.3) is 10.9 Å². The maximum atomic E-state index is 13.1. The van der Waals surface area contributed by atoms with Gasteiger partial charge in [-0.25, -0.2) is 4.79 Å². The van der Waals surface area contributed by atoms with E-state index >= 15 is 0 Å². The number of hydrogen-bond acceptors (Lipinski definition) is 7. The number of ether oxygens (including phenoxy) is 3. The molecule has 2 N–H and O–H groups in total. The first-order valence-corrected chi connectivity index (χ1v) is 12.5. The van der Waals surface area contributed by atoms with E-state index in [1.54, 1.807) is 12.0 Å². The van der Waals surface area contributed by atoms with Crippen LogP contribution in [0.4, 0.5) is 10.7 Å². The highest BCUT2D eigenvalue weighted by Gasteiger charge is 2.35. The Bertz CT molecular complexity index is 1370. The summed E-state index contributed by atoms with van der Waals surface area (Å²) in [6, 6.07) is 15.1. The number of aromatic amines is 1. The highest BCUT2D eigenvalue weighted by molar-refractivity contribution is 6.31. The minimum absolute atomic E-state index is 0.197. The van der Waals surface area contributed by atoms with Crippen LogP contribution < -0.4 is 10.1 Å². The zero-order chi connectivity index (χ0) is 25.8. The van der Waals surface area contributed by atoms with E-state index in [0.717, 1.165) is 39.2 Å². The van der Waals surface area contributed by atoms with Crippen LogP contribution in [0.15, 0.2) is 53.1 Å². The molecular formula is C27H29ClN4O5. The first-order valence-electron chi connectivity index (χ1n) is 12.2. The molecule has 0 saturated carbocycles. The molecule has 37 heavy (non-hydrogen) atoms. The summed E-state index contributed by atoms with van der Waals surface area (Å²) in [6.45, 7) is 3.95. The maximum Gasteiger partial charge on any atom is 0.410 e. The van der Waals surface area contributed by atoms with Crippen molar-refractivity contribution in [3.63, 3.8) is 0 Å². The van der Waals surface area contributed by atoms with Crippen LogP contribution in [-0.2, 0) is 15.9 Å². The summed E-state index contributed by atoms with van der Waals surface area (Å²) in [6.07, 6.45) is 0.322. The molecule has 0 spiro atoms. The Morgan fingerprint density at radius 1 is 1.19 bits per heavy atom. The minimum Gasteiger partial charge on any atom is -0.492 e. The van der Waals surface area contributed by atoms with Crippen molar-refractivity contribution in [2.75, 3.05) is 45.3 Å². The Morgan fingerprint density at radius 2 is 2.03 bits per heavy atom. The van der Waals surface area contributed by atoms with Crippen molar-refractivity contribution in [3.8, 4) is 5.75 Å². The molecule has 1 aliphatic heterocycles. The summed E-state index contributed by atoms with van der Waals surface area (Å²) in [4.78, 5) is 18.4. The summed E-state index contributed by atoms with van der Waals surface area (Å²) >= 11 is 6.29. The molecule has 1 amide bonds. The summed E-state index contributed by atoms with van der Waals surface area (Å²) in [7, 11) is 1.58. The Labute approximate surface area is 219 Å². The van der Waals surface area contributed by atoms with Crippen molar-refractivity contribution in [3.05, 3.63) is 76.1 Å². The molecule has 0 bridgehead atoms. The Morgan fingerprint density at radius 3 is 2.78 bits per heavy atom. The molecule has 194 valence electrons. The predicted octanol–water partition coefficient (Wildman–Crippen LogP) is 5.34. The lowest BCUT2D eigenvalue weighted by Crippen LogP contribution is -2.41. The standard InChI is InChI=1S/C27H29ClN4O5/c1-17-15-24(37-31-17)29-10-12-35-20-6-3-18(4-7-20)26-25-21(22-16-19(28)5-8-23(22)30-25)9-11-32(26)27(33)36-14-13-34-2/h3-8,15-16,26,29-30H,9-14H2,1-2H3. The van der Waals surface area contributed by atoms with E-state index in [1.807, 2.05) is 55.5 Å². The molecule has 0 saturated heterocycles. The van der Waals surface area contributed by atoms with Crippen molar-refractivity contribution >= 4 is 34.5 Å². The SMILES string of the molecule is COCCOC(=O)N1CCc2c([nH]c3ccc(Cl)cc23)C1c1ccc(OCCNc2cc(C)no2)cc1. The number of aromatic nitrogens is 2. The molecule has 10 heteroatoms. The molecule has 3 heterocycles. The first kappa shape index (κ1) is 25.0. The molecule has 9 nitrogen and oxygen atoms in total. The Kier molecular flexibility index (Phi) is 7.52. The lowest BCUT2D eigenvalue weighted by Gasteiger charge is -2.35. The van der Waals surface area contributed by atoms with Gasteiger partial charge in [0.05, 0.1) is 18.8 Å². The zero-order valence-electron chi connectivity index (χ0n) is 20.8. The van der Waals surface area contributed by atoms with E-state index in [-0.39, 0.29) is 18.7 Å². The molecule has 0 fully saturated rings. The number of amides is 1. The van der Waals surface area contributed by atoms with E-state index in [9.17, 15) is 4.79 Å². The van der Waals surface area contributed by atoms with Gasteiger partial charge in [-0.05, 0) is 54.8 Å². The number of methoxy groups -OCH3 is 1. The first-order chi connectivity index (χ1) is 18.0. The van der Waals surface area contributed by atoms with Crippen molar-refractivity contribution in [2.24, 2.45) is 0 Å². The zero-order valence-corrected chi connectivity index (χ0v) is 21.5. The summed E-state index contributed by atoms with van der Waals surface area (Å²) < 4.78 is 21.6. The van der Waals surface area contributed by atoms with Gasteiger partial charge in [-0.1, -0.05) is 28.9 Å². The van der Waals surface area contributed by atoms with Gasteiger partial charge >= 0.3 is 6.09 Å². The minimum atomic E-state index is -0.376. The van der Waals surface area contributed by atoms with Crippen molar-refractivity contribution < 1.29 is 23.5 Å². The van der Waals surface area contributed by atoms with Gasteiger partial charge in [0.1, 0.15) is 25.0 Å². The molecule has 4 aromatic rings. The van der Waals surface area contributed by atoms with Gasteiger partial charge in [-0.2, -0.15) is 0 Å². The molecular weight excluding hydrogens is 496 g/mol. The molecule has 5 rings (SSSR count). The number of nitrogens with zero attached hydrogens (tertiary/aromatic N) is 2. The predicted molar refractivity (Wildman–Crippen MR) is 140 cm³/mol. The van der Waals surface area contributed by atoms with Crippen molar-refractivity contribution in [2.45, 2.75) is 19.4 Å². The van der Waals surface area contributed by atoms with E-state index in [4.69, 9.17) is 30.3 Å². The Hall–Kier alpha value is -3.69. The van der Waals surface area contributed by atoms with Crippen molar-refractivity contribution in [1.82, 2.24) is 15.0 Å². The number of nitrogens with one attached hydrogen (secondary N) is 2. The van der Waals surface area contributed by atoms with Gasteiger partial charge in [-0.3, -0.25) is 4.90 Å². The van der Waals surface area contributed by atoms with Gasteiger partial charge in [-0.15, -0.1) is 0 Å². The van der Waals surface area contributed by atoms with Crippen LogP contribution in [0.3, 0.4) is 0 Å². The van der Waals surface area contributed by atoms with E-state index in [1.165, 1.54) is 0 Å². The van der Waals surface area contributed by atoms with Gasteiger partial charge < -0.3 is 29.0 Å². The third-order valence-electron chi connectivity index (χ3n) is 6.33. The van der Waals surface area contributed by atoms with Crippen LogP contribution >= 0.6 is 11.6 Å². The normalized spacial score (nSPS) is 15.0. The van der Waals surface area contributed by atoms with Gasteiger partial charge in [0.2, 0.25) is 5.88 Å². The van der Waals surface area contributed by atoms with E-state index < -0.39 is 0 Å². The number of carbonyl (C=O) groups excluding carboxylic acids is 1. The number of rotatable bonds is 9. The lowest BCUT2D eigenvalue weighted by molar-refractivity contribution is 0.0629. The number of carbonyl (C=O) groups is 1. The van der Waals surface area contributed by atoms with E-state index in [2.05, 4.69) is 15.5 Å². The molecule has 1 aliphatic rings. The fourth-order valence-corrected chi connectivity index (χ4v) is 4.81.